The molecule has 1 aromatic carbocycles. The molecule has 0 saturated carbocycles. The van der Waals surface area contributed by atoms with Crippen molar-refractivity contribution in [1.29, 1.82) is 0 Å². The first kappa shape index (κ1) is 27.4. The Hall–Kier alpha value is -2.63. The second kappa shape index (κ2) is 11.3. The highest BCUT2D eigenvalue weighted by molar-refractivity contribution is 7.79. The summed E-state index contributed by atoms with van der Waals surface area (Å²) < 4.78 is 50.0. The summed E-state index contributed by atoms with van der Waals surface area (Å²) in [5.74, 6) is -2.71. The molecule has 1 unspecified atom stereocenters. The fourth-order valence-electron chi connectivity index (χ4n) is 3.28. The minimum absolute atomic E-state index is 0. The highest BCUT2D eigenvalue weighted by Gasteiger charge is 2.40. The number of allylic oxidation sites excluding steroid dienone is 1. The number of halogens is 4. The number of carbonyl (C=O) groups excluding carboxylic acids is 2. The molecule has 0 aliphatic carbocycles. The van der Waals surface area contributed by atoms with Gasteiger partial charge >= 0.3 is 18.1 Å². The first-order valence-corrected chi connectivity index (χ1v) is 9.65. The number of dihydropyridines is 1. The minimum Gasteiger partial charge on any atom is -1.00 e. The van der Waals surface area contributed by atoms with Crippen molar-refractivity contribution >= 4 is 29.3 Å². The van der Waals surface area contributed by atoms with Crippen molar-refractivity contribution in [3.05, 3.63) is 57.9 Å². The standard InChI is InChI=1S/C20H22F3N3O4S.ClH/c1-4-30-18(28)16-13(9-25-19(24)31)26-10(2)14(17(27)29-3)15(16)11-6-5-7-12(8-11)20(21,22)23;/h5-8,15,26H,4,9H2,1-3H3,(H3,24,25,31);1H. The maximum Gasteiger partial charge on any atom is 0.416 e. The quantitative estimate of drug-likeness (QED) is 0.337. The van der Waals surface area contributed by atoms with E-state index in [4.69, 9.17) is 21.7 Å². The van der Waals surface area contributed by atoms with Crippen molar-refractivity contribution in [3.8, 4) is 0 Å². The van der Waals surface area contributed by atoms with Gasteiger partial charge in [-0.3, -0.25) is 0 Å². The van der Waals surface area contributed by atoms with Gasteiger partial charge in [0, 0.05) is 23.6 Å². The van der Waals surface area contributed by atoms with Gasteiger partial charge in [0.25, 0.3) is 5.11 Å². The maximum absolute atomic E-state index is 13.3. The molecule has 0 amide bonds. The molecule has 5 N–H and O–H groups in total. The van der Waals surface area contributed by atoms with Crippen LogP contribution in [0.15, 0.2) is 46.8 Å². The molecule has 1 aliphatic heterocycles. The molecule has 1 aliphatic rings. The van der Waals surface area contributed by atoms with Crippen LogP contribution in [0, 0.1) is 0 Å². The summed E-state index contributed by atoms with van der Waals surface area (Å²) in [6.45, 7) is 3.22. The number of benzene rings is 1. The number of alkyl halides is 3. The van der Waals surface area contributed by atoms with E-state index in [0.717, 1.165) is 19.2 Å². The van der Waals surface area contributed by atoms with Crippen LogP contribution in [0.5, 0.6) is 0 Å². The van der Waals surface area contributed by atoms with Gasteiger partial charge in [-0.2, -0.15) is 13.2 Å². The van der Waals surface area contributed by atoms with Crippen LogP contribution in [0.1, 0.15) is 30.9 Å². The lowest BCUT2D eigenvalue weighted by atomic mass is 9.79. The third-order valence-corrected chi connectivity index (χ3v) is 4.70. The number of hydrogen-bond donors (Lipinski definition) is 3. The second-order valence-electron chi connectivity index (χ2n) is 6.60. The normalized spacial score (nSPS) is 16.0. The van der Waals surface area contributed by atoms with Crippen LogP contribution in [-0.2, 0) is 25.2 Å². The van der Waals surface area contributed by atoms with Gasteiger partial charge in [-0.25, -0.2) is 9.59 Å². The molecule has 0 spiro atoms. The minimum atomic E-state index is -4.61. The average Bonchev–Trinajstić information content (AvgIpc) is 2.70. The third-order valence-electron chi connectivity index (χ3n) is 4.56. The predicted molar refractivity (Wildman–Crippen MR) is 109 cm³/mol. The van der Waals surface area contributed by atoms with Gasteiger partial charge in [-0.15, -0.1) is 0 Å². The number of esters is 2. The van der Waals surface area contributed by atoms with Crippen molar-refractivity contribution in [1.82, 2.24) is 10.6 Å². The Morgan fingerprint density at radius 1 is 1.25 bits per heavy atom. The van der Waals surface area contributed by atoms with Crippen molar-refractivity contribution in [3.63, 3.8) is 0 Å². The Bertz CT molecular complexity index is 964. The molecule has 32 heavy (non-hydrogen) atoms. The van der Waals surface area contributed by atoms with Crippen molar-refractivity contribution < 1.29 is 50.4 Å². The van der Waals surface area contributed by atoms with Crippen LogP contribution < -0.4 is 28.8 Å². The summed E-state index contributed by atoms with van der Waals surface area (Å²) in [7, 11) is 1.15. The molecule has 0 fully saturated rings. The van der Waals surface area contributed by atoms with E-state index >= 15 is 0 Å². The Morgan fingerprint density at radius 2 is 1.91 bits per heavy atom. The van der Waals surface area contributed by atoms with Gasteiger partial charge in [0.2, 0.25) is 0 Å². The smallest absolute Gasteiger partial charge is 0.416 e. The van der Waals surface area contributed by atoms with E-state index in [9.17, 15) is 22.8 Å². The zero-order valence-electron chi connectivity index (χ0n) is 17.6. The SMILES string of the molecule is CCOC(=O)C1=C(CNC([NH3+])=S)NC(C)=C(C(=O)OC)C1c1cccc(C(F)(F)F)c1.[Cl-]. The third kappa shape index (κ3) is 6.21. The number of rotatable bonds is 6. The van der Waals surface area contributed by atoms with Crippen molar-refractivity contribution in [2.24, 2.45) is 0 Å². The zero-order chi connectivity index (χ0) is 23.3. The van der Waals surface area contributed by atoms with Gasteiger partial charge in [0.05, 0.1) is 42.9 Å². The lowest BCUT2D eigenvalue weighted by Crippen LogP contribution is -3.00. The molecule has 7 nitrogen and oxygen atoms in total. The second-order valence-corrected chi connectivity index (χ2v) is 7.09. The lowest BCUT2D eigenvalue weighted by Gasteiger charge is -2.31. The van der Waals surface area contributed by atoms with Gasteiger partial charge in [0.15, 0.2) is 0 Å². The summed E-state index contributed by atoms with van der Waals surface area (Å²) in [6.07, 6.45) is -4.61. The molecule has 1 heterocycles. The van der Waals surface area contributed by atoms with E-state index in [-0.39, 0.29) is 47.4 Å². The fraction of sp³-hybridized carbons (Fsp3) is 0.350. The van der Waals surface area contributed by atoms with E-state index < -0.39 is 29.6 Å². The van der Waals surface area contributed by atoms with E-state index in [1.807, 2.05) is 0 Å². The van der Waals surface area contributed by atoms with Crippen LogP contribution in [0.4, 0.5) is 13.2 Å². The van der Waals surface area contributed by atoms with E-state index in [1.54, 1.807) is 13.8 Å². The predicted octanol–water partition coefficient (Wildman–Crippen LogP) is -1.22. The topological polar surface area (TPSA) is 104 Å². The number of quaternary nitrogens is 1. The molecule has 0 bridgehead atoms. The maximum atomic E-state index is 13.3. The Labute approximate surface area is 194 Å². The van der Waals surface area contributed by atoms with Crippen LogP contribution in [-0.4, -0.2) is 37.3 Å². The number of methoxy groups -OCH3 is 1. The van der Waals surface area contributed by atoms with Crippen LogP contribution in [0.3, 0.4) is 0 Å². The molecular formula is C20H23ClF3N3O4S. The van der Waals surface area contributed by atoms with E-state index in [0.29, 0.717) is 11.4 Å². The fourth-order valence-corrected chi connectivity index (χ4v) is 3.35. The van der Waals surface area contributed by atoms with Crippen LogP contribution >= 0.6 is 12.2 Å². The molecule has 1 aromatic rings. The van der Waals surface area contributed by atoms with Gasteiger partial charge in [-0.1, -0.05) is 18.2 Å². The van der Waals surface area contributed by atoms with Crippen LogP contribution in [0.25, 0.3) is 0 Å². The number of thiocarbonyl (C=S) groups is 1. The summed E-state index contributed by atoms with van der Waals surface area (Å²) in [4.78, 5) is 25.5. The number of nitrogens with one attached hydrogen (secondary N) is 2. The Balaban J connectivity index is 0.00000512. The summed E-state index contributed by atoms with van der Waals surface area (Å²) in [6, 6.07) is 4.45. The highest BCUT2D eigenvalue weighted by atomic mass is 35.5. The number of hydrogen-bond acceptors (Lipinski definition) is 6. The highest BCUT2D eigenvalue weighted by Crippen LogP contribution is 2.41. The number of ether oxygens (including phenoxy) is 2. The largest absolute Gasteiger partial charge is 1.00 e. The van der Waals surface area contributed by atoms with Gasteiger partial charge in [-0.05, 0) is 25.5 Å². The van der Waals surface area contributed by atoms with Crippen molar-refractivity contribution in [2.75, 3.05) is 20.3 Å². The first-order chi connectivity index (χ1) is 14.5. The van der Waals surface area contributed by atoms with Gasteiger partial charge < -0.3 is 38.2 Å². The van der Waals surface area contributed by atoms with Crippen LogP contribution in [0.2, 0.25) is 0 Å². The zero-order valence-corrected chi connectivity index (χ0v) is 19.1. The molecule has 1 atom stereocenters. The number of carbonyl (C=O) groups is 2. The van der Waals surface area contributed by atoms with Crippen molar-refractivity contribution in [2.45, 2.75) is 25.9 Å². The molecule has 0 radical (unpaired) electrons. The van der Waals surface area contributed by atoms with E-state index in [1.165, 1.54) is 12.1 Å². The molecule has 12 heteroatoms. The molecule has 0 saturated heterocycles. The summed E-state index contributed by atoms with van der Waals surface area (Å²) in [5.41, 5.74) is 3.36. The summed E-state index contributed by atoms with van der Waals surface area (Å²) >= 11 is 4.91. The summed E-state index contributed by atoms with van der Waals surface area (Å²) in [5, 5.41) is 5.96. The average molecular weight is 494 g/mol. The molecule has 0 aromatic heterocycles. The monoisotopic (exact) mass is 493 g/mol. The molecule has 2 rings (SSSR count). The molecular weight excluding hydrogens is 471 g/mol. The Kier molecular flexibility index (Phi) is 9.68. The lowest BCUT2D eigenvalue weighted by molar-refractivity contribution is -0.214. The van der Waals surface area contributed by atoms with E-state index in [2.05, 4.69) is 16.4 Å². The first-order valence-electron chi connectivity index (χ1n) is 9.24. The van der Waals surface area contributed by atoms with Gasteiger partial charge in [0.1, 0.15) is 0 Å². The Morgan fingerprint density at radius 3 is 2.44 bits per heavy atom. The molecule has 176 valence electrons.